The lowest BCUT2D eigenvalue weighted by Gasteiger charge is -2.29. The second-order valence-corrected chi connectivity index (χ2v) is 8.83. The van der Waals surface area contributed by atoms with Gasteiger partial charge >= 0.3 is 0 Å². The van der Waals surface area contributed by atoms with Crippen LogP contribution >= 0.6 is 11.8 Å². The molecule has 0 radical (unpaired) electrons. The number of hydrogen-bond donors (Lipinski definition) is 0. The number of aryl methyl sites for hydroxylation is 1. The van der Waals surface area contributed by atoms with Gasteiger partial charge in [0, 0.05) is 19.2 Å². The Labute approximate surface area is 199 Å². The van der Waals surface area contributed by atoms with Crippen LogP contribution in [0.25, 0.3) is 11.4 Å². The highest BCUT2D eigenvalue weighted by atomic mass is 32.2. The minimum Gasteiger partial charge on any atom is -0.334 e. The van der Waals surface area contributed by atoms with Gasteiger partial charge in [-0.15, -0.1) is 10.2 Å². The van der Waals surface area contributed by atoms with Gasteiger partial charge in [0.15, 0.2) is 11.0 Å². The van der Waals surface area contributed by atoms with Crippen molar-refractivity contribution in [2.75, 3.05) is 12.8 Å². The molecule has 0 atom stereocenters. The molecule has 0 bridgehead atoms. The Hall–Kier alpha value is -3.38. The van der Waals surface area contributed by atoms with Crippen molar-refractivity contribution in [3.05, 3.63) is 102 Å². The van der Waals surface area contributed by atoms with Crippen LogP contribution in [0.4, 0.5) is 0 Å². The molecule has 0 saturated carbocycles. The van der Waals surface area contributed by atoms with Crippen LogP contribution in [-0.2, 0) is 11.3 Å². The predicted octanol–water partition coefficient (Wildman–Crippen LogP) is 5.61. The van der Waals surface area contributed by atoms with E-state index < -0.39 is 0 Å². The fraction of sp³-hybridized carbons (Fsp3) is 0.222. The third-order valence-electron chi connectivity index (χ3n) is 5.76. The van der Waals surface area contributed by atoms with Gasteiger partial charge in [0.1, 0.15) is 0 Å². The van der Waals surface area contributed by atoms with Crippen LogP contribution in [0.1, 0.15) is 29.7 Å². The van der Waals surface area contributed by atoms with E-state index in [-0.39, 0.29) is 11.9 Å². The maximum Gasteiger partial charge on any atom is 0.233 e. The van der Waals surface area contributed by atoms with Crippen molar-refractivity contribution in [3.8, 4) is 11.4 Å². The molecule has 0 saturated heterocycles. The maximum atomic E-state index is 13.3. The summed E-state index contributed by atoms with van der Waals surface area (Å²) >= 11 is 1.44. The predicted molar refractivity (Wildman–Crippen MR) is 134 cm³/mol. The van der Waals surface area contributed by atoms with Gasteiger partial charge in [0.25, 0.3) is 0 Å². The molecule has 0 unspecified atom stereocenters. The minimum atomic E-state index is -0.146. The zero-order valence-corrected chi connectivity index (χ0v) is 20.0. The molecule has 1 heterocycles. The molecule has 0 aliphatic heterocycles. The summed E-state index contributed by atoms with van der Waals surface area (Å²) in [5.74, 6) is 1.17. The number of hydrogen-bond acceptors (Lipinski definition) is 4. The molecule has 0 aliphatic carbocycles. The second-order valence-electron chi connectivity index (χ2n) is 7.88. The van der Waals surface area contributed by atoms with E-state index in [1.54, 1.807) is 0 Å². The number of carbonyl (C=O) groups excluding carboxylic acids is 1. The monoisotopic (exact) mass is 456 g/mol. The number of thioether (sulfide) groups is 1. The fourth-order valence-corrected chi connectivity index (χ4v) is 4.91. The topological polar surface area (TPSA) is 51.0 Å². The lowest BCUT2D eigenvalue weighted by atomic mass is 9.97. The molecule has 4 rings (SSSR count). The molecule has 4 aromatic rings. The summed E-state index contributed by atoms with van der Waals surface area (Å²) in [5, 5.41) is 9.60. The average Bonchev–Trinajstić information content (AvgIpc) is 3.27. The smallest absolute Gasteiger partial charge is 0.233 e. The third-order valence-corrected chi connectivity index (χ3v) is 6.71. The van der Waals surface area contributed by atoms with Crippen LogP contribution in [0.5, 0.6) is 0 Å². The van der Waals surface area contributed by atoms with Crippen molar-refractivity contribution in [2.24, 2.45) is 0 Å². The van der Waals surface area contributed by atoms with E-state index in [0.717, 1.165) is 39.8 Å². The first-order chi connectivity index (χ1) is 16.1. The summed E-state index contributed by atoms with van der Waals surface area (Å²) in [4.78, 5) is 15.1. The standard InChI is InChI=1S/C27H28N4OS/c1-4-31-26(23-18-12-11-13-20(23)2)28-29-27(31)33-19-24(32)30(3)25(21-14-7-5-8-15-21)22-16-9-6-10-17-22/h5-18,25H,4,19H2,1-3H3. The summed E-state index contributed by atoms with van der Waals surface area (Å²) in [6.07, 6.45) is 0. The van der Waals surface area contributed by atoms with Crippen LogP contribution in [0.3, 0.4) is 0 Å². The van der Waals surface area contributed by atoms with Crippen molar-refractivity contribution in [2.45, 2.75) is 31.6 Å². The maximum absolute atomic E-state index is 13.3. The van der Waals surface area contributed by atoms with Crippen LogP contribution in [-0.4, -0.2) is 38.4 Å². The first-order valence-corrected chi connectivity index (χ1v) is 12.1. The number of carbonyl (C=O) groups is 1. The number of aromatic nitrogens is 3. The van der Waals surface area contributed by atoms with E-state index in [4.69, 9.17) is 0 Å². The average molecular weight is 457 g/mol. The van der Waals surface area contributed by atoms with Crippen LogP contribution in [0.15, 0.2) is 90.1 Å². The van der Waals surface area contributed by atoms with Gasteiger partial charge in [-0.25, -0.2) is 0 Å². The van der Waals surface area contributed by atoms with Crippen molar-refractivity contribution >= 4 is 17.7 Å². The Morgan fingerprint density at radius 3 is 2.06 bits per heavy atom. The third kappa shape index (κ3) is 5.01. The summed E-state index contributed by atoms with van der Waals surface area (Å²) in [6.45, 7) is 4.88. The Bertz CT molecular complexity index is 1170. The van der Waals surface area contributed by atoms with Gasteiger partial charge in [0.2, 0.25) is 5.91 Å². The molecule has 1 amide bonds. The zero-order chi connectivity index (χ0) is 23.2. The highest BCUT2D eigenvalue weighted by Crippen LogP contribution is 2.30. The first kappa shape index (κ1) is 22.8. The molecule has 0 fully saturated rings. The molecule has 0 spiro atoms. The second kappa shape index (κ2) is 10.5. The van der Waals surface area contributed by atoms with E-state index >= 15 is 0 Å². The number of nitrogens with zero attached hydrogens (tertiary/aromatic N) is 4. The first-order valence-electron chi connectivity index (χ1n) is 11.1. The fourth-order valence-electron chi connectivity index (χ4n) is 3.99. The minimum absolute atomic E-state index is 0.0424. The number of rotatable bonds is 8. The van der Waals surface area contributed by atoms with Crippen LogP contribution < -0.4 is 0 Å². The van der Waals surface area contributed by atoms with Crippen molar-refractivity contribution in [1.29, 1.82) is 0 Å². The SMILES string of the molecule is CCn1c(SCC(=O)N(C)C(c2ccccc2)c2ccccc2)nnc1-c1ccccc1C. The number of amides is 1. The molecule has 0 aliphatic rings. The molecule has 6 heteroatoms. The van der Waals surface area contributed by atoms with Gasteiger partial charge in [-0.05, 0) is 30.5 Å². The van der Waals surface area contributed by atoms with Gasteiger partial charge in [0.05, 0.1) is 11.8 Å². The summed E-state index contributed by atoms with van der Waals surface area (Å²) < 4.78 is 2.08. The van der Waals surface area contributed by atoms with E-state index in [2.05, 4.69) is 65.0 Å². The number of benzene rings is 3. The van der Waals surface area contributed by atoms with Crippen molar-refractivity contribution < 1.29 is 4.79 Å². The van der Waals surface area contributed by atoms with E-state index in [9.17, 15) is 4.79 Å². The van der Waals surface area contributed by atoms with Crippen LogP contribution in [0.2, 0.25) is 0 Å². The van der Waals surface area contributed by atoms with Gasteiger partial charge in [-0.2, -0.15) is 0 Å². The molecule has 33 heavy (non-hydrogen) atoms. The summed E-state index contributed by atoms with van der Waals surface area (Å²) in [7, 11) is 1.87. The molecule has 168 valence electrons. The molecule has 3 aromatic carbocycles. The van der Waals surface area contributed by atoms with Crippen molar-refractivity contribution in [3.63, 3.8) is 0 Å². The highest BCUT2D eigenvalue weighted by molar-refractivity contribution is 7.99. The molecule has 0 N–H and O–H groups in total. The Balaban J connectivity index is 1.54. The van der Waals surface area contributed by atoms with Crippen molar-refractivity contribution in [1.82, 2.24) is 19.7 Å². The van der Waals surface area contributed by atoms with Gasteiger partial charge in [-0.1, -0.05) is 96.7 Å². The quantitative estimate of drug-likeness (QED) is 0.323. The van der Waals surface area contributed by atoms with Gasteiger partial charge < -0.3 is 9.47 Å². The Kier molecular flexibility index (Phi) is 7.25. The van der Waals surface area contributed by atoms with E-state index in [1.807, 2.05) is 60.5 Å². The largest absolute Gasteiger partial charge is 0.334 e. The summed E-state index contributed by atoms with van der Waals surface area (Å²) in [6, 6.07) is 28.3. The Morgan fingerprint density at radius 1 is 0.909 bits per heavy atom. The van der Waals surface area contributed by atoms with Gasteiger partial charge in [-0.3, -0.25) is 4.79 Å². The molecule has 5 nitrogen and oxygen atoms in total. The lowest BCUT2D eigenvalue weighted by molar-refractivity contribution is -0.128. The van der Waals surface area contributed by atoms with E-state index in [0.29, 0.717) is 5.75 Å². The van der Waals surface area contributed by atoms with Crippen LogP contribution in [0, 0.1) is 6.92 Å². The van der Waals surface area contributed by atoms with E-state index in [1.165, 1.54) is 11.8 Å². The highest BCUT2D eigenvalue weighted by Gasteiger charge is 2.24. The molecule has 1 aromatic heterocycles. The Morgan fingerprint density at radius 2 is 1.48 bits per heavy atom. The molecular formula is C27H28N4OS. The normalized spacial score (nSPS) is 11.0. The lowest BCUT2D eigenvalue weighted by Crippen LogP contribution is -2.33. The summed E-state index contributed by atoms with van der Waals surface area (Å²) in [5.41, 5.74) is 4.39. The zero-order valence-electron chi connectivity index (χ0n) is 19.2. The molecular weight excluding hydrogens is 428 g/mol.